The molecule has 222 valence electrons. The third kappa shape index (κ3) is 5.61. The number of nitrogens with zero attached hydrogens (tertiary/aromatic N) is 2. The normalized spacial score (nSPS) is 14.7. The molecule has 10 nitrogen and oxygen atoms in total. The number of rotatable bonds is 8. The fourth-order valence-electron chi connectivity index (χ4n) is 4.84. The number of hydrogen-bond donors (Lipinski definition) is 0. The van der Waals surface area contributed by atoms with E-state index in [1.807, 2.05) is 0 Å². The van der Waals surface area contributed by atoms with Crippen molar-refractivity contribution in [1.82, 2.24) is 4.57 Å². The van der Waals surface area contributed by atoms with Gasteiger partial charge in [-0.1, -0.05) is 22.9 Å². The molecule has 5 rings (SSSR count). The quantitative estimate of drug-likeness (QED) is 0.263. The van der Waals surface area contributed by atoms with Crippen molar-refractivity contribution in [3.63, 3.8) is 0 Å². The maximum absolute atomic E-state index is 14.0. The van der Waals surface area contributed by atoms with Crippen LogP contribution in [0.15, 0.2) is 74.0 Å². The van der Waals surface area contributed by atoms with Crippen molar-refractivity contribution < 1.29 is 33.0 Å². The van der Waals surface area contributed by atoms with Crippen molar-refractivity contribution in [1.29, 1.82) is 0 Å². The maximum atomic E-state index is 14.0. The Balaban J connectivity index is 1.66. The van der Waals surface area contributed by atoms with E-state index in [9.17, 15) is 14.4 Å². The number of methoxy groups -OCH3 is 3. The van der Waals surface area contributed by atoms with Crippen molar-refractivity contribution in [2.75, 3.05) is 27.9 Å². The number of benzene rings is 2. The lowest BCUT2D eigenvalue weighted by Crippen LogP contribution is -2.40. The first-order valence-corrected chi connectivity index (χ1v) is 14.3. The van der Waals surface area contributed by atoms with Gasteiger partial charge >= 0.3 is 11.9 Å². The molecule has 0 N–H and O–H groups in total. The van der Waals surface area contributed by atoms with Crippen LogP contribution in [-0.4, -0.2) is 44.4 Å². The van der Waals surface area contributed by atoms with Gasteiger partial charge in [0.25, 0.3) is 5.56 Å². The Labute approximate surface area is 255 Å². The first-order valence-electron chi connectivity index (χ1n) is 13.1. The van der Waals surface area contributed by atoms with Gasteiger partial charge in [0.05, 0.1) is 49.3 Å². The summed E-state index contributed by atoms with van der Waals surface area (Å²) in [4.78, 5) is 44.5. The molecule has 1 aliphatic rings. The molecule has 2 aromatic heterocycles. The molecule has 0 aliphatic carbocycles. The van der Waals surface area contributed by atoms with Gasteiger partial charge < -0.3 is 23.4 Å². The summed E-state index contributed by atoms with van der Waals surface area (Å²) in [5.74, 6) is 0.572. The largest absolute Gasteiger partial charge is 0.497 e. The Bertz CT molecular complexity index is 1950. The van der Waals surface area contributed by atoms with E-state index in [0.29, 0.717) is 54.2 Å². The fourth-order valence-corrected chi connectivity index (χ4v) is 6.04. The lowest BCUT2D eigenvalue weighted by molar-refractivity contribution is -0.139. The number of carbonyl (C=O) groups is 2. The van der Waals surface area contributed by atoms with E-state index in [0.717, 1.165) is 11.3 Å². The molecule has 0 fully saturated rings. The molecule has 1 atom stereocenters. The number of hydrogen-bond acceptors (Lipinski definition) is 10. The lowest BCUT2D eigenvalue weighted by atomic mass is 9.95. The van der Waals surface area contributed by atoms with E-state index in [2.05, 4.69) is 4.99 Å². The highest BCUT2D eigenvalue weighted by Crippen LogP contribution is 2.37. The zero-order chi connectivity index (χ0) is 30.8. The summed E-state index contributed by atoms with van der Waals surface area (Å²) >= 11 is 7.34. The minimum Gasteiger partial charge on any atom is -0.497 e. The van der Waals surface area contributed by atoms with Gasteiger partial charge in [-0.25, -0.2) is 14.6 Å². The molecule has 0 amide bonds. The Kier molecular flexibility index (Phi) is 8.56. The van der Waals surface area contributed by atoms with Crippen LogP contribution >= 0.6 is 22.9 Å². The van der Waals surface area contributed by atoms with Gasteiger partial charge in [-0.3, -0.25) is 9.36 Å². The van der Waals surface area contributed by atoms with Gasteiger partial charge in [0.15, 0.2) is 4.80 Å². The minimum atomic E-state index is -0.875. The predicted molar refractivity (Wildman–Crippen MR) is 160 cm³/mol. The molecule has 43 heavy (non-hydrogen) atoms. The van der Waals surface area contributed by atoms with E-state index in [4.69, 9.17) is 35.0 Å². The smallest absolute Gasteiger partial charge is 0.338 e. The molecular formula is C31H27ClN2O8S. The van der Waals surface area contributed by atoms with Crippen LogP contribution in [0.3, 0.4) is 0 Å². The summed E-state index contributed by atoms with van der Waals surface area (Å²) in [7, 11) is 4.33. The van der Waals surface area contributed by atoms with Crippen LogP contribution in [-0.2, 0) is 14.3 Å². The van der Waals surface area contributed by atoms with E-state index >= 15 is 0 Å². The van der Waals surface area contributed by atoms with Crippen LogP contribution < -0.4 is 24.4 Å². The predicted octanol–water partition coefficient (Wildman–Crippen LogP) is 4.52. The number of aromatic nitrogens is 1. The number of halogens is 1. The summed E-state index contributed by atoms with van der Waals surface area (Å²) in [5, 5.41) is 0.413. The van der Waals surface area contributed by atoms with Gasteiger partial charge in [0.2, 0.25) is 0 Å². The van der Waals surface area contributed by atoms with Gasteiger partial charge in [0, 0.05) is 28.3 Å². The Morgan fingerprint density at radius 3 is 2.56 bits per heavy atom. The zero-order valence-corrected chi connectivity index (χ0v) is 25.5. The van der Waals surface area contributed by atoms with Gasteiger partial charge in [-0.05, 0) is 56.3 Å². The molecule has 0 bridgehead atoms. The molecule has 1 aliphatic heterocycles. The summed E-state index contributed by atoms with van der Waals surface area (Å²) in [6.07, 6.45) is 1.58. The number of fused-ring (bicyclic) bond motifs is 1. The number of thiazole rings is 1. The standard InChI is InChI=1S/C31H27ClN2O8S/c1-6-41-30(37)26-16(2)33-31-34(27(26)21-11-8-18(38-3)14-24(21)39-4)28(35)25(43-31)15-19-9-12-23(42-19)22-13-17(32)7-10-20(22)29(36)40-5/h7-15,27H,6H2,1-5H3/b25-15+/t27-/m0/s1. The monoisotopic (exact) mass is 622 g/mol. The Hall–Kier alpha value is -4.61. The number of allylic oxidation sites excluding steroid dienone is 1. The summed E-state index contributed by atoms with van der Waals surface area (Å²) < 4.78 is 29.0. The molecule has 4 aromatic rings. The van der Waals surface area contributed by atoms with E-state index in [1.165, 1.54) is 25.9 Å². The molecular weight excluding hydrogens is 596 g/mol. The van der Waals surface area contributed by atoms with Crippen LogP contribution in [0.25, 0.3) is 17.4 Å². The Morgan fingerprint density at radius 1 is 1.07 bits per heavy atom. The van der Waals surface area contributed by atoms with Crippen molar-refractivity contribution in [2.45, 2.75) is 19.9 Å². The maximum Gasteiger partial charge on any atom is 0.338 e. The third-order valence-corrected chi connectivity index (χ3v) is 8.02. The number of carbonyl (C=O) groups excluding carboxylic acids is 2. The summed E-state index contributed by atoms with van der Waals surface area (Å²) in [6, 6.07) is 12.4. The lowest BCUT2D eigenvalue weighted by Gasteiger charge is -2.26. The molecule has 0 unspecified atom stereocenters. The third-order valence-electron chi connectivity index (χ3n) is 6.80. The zero-order valence-electron chi connectivity index (χ0n) is 23.9. The van der Waals surface area contributed by atoms with Crippen molar-refractivity contribution in [3.8, 4) is 22.8 Å². The average molecular weight is 623 g/mol. The van der Waals surface area contributed by atoms with E-state index in [-0.39, 0.29) is 17.7 Å². The van der Waals surface area contributed by atoms with Crippen molar-refractivity contribution >= 4 is 41.0 Å². The van der Waals surface area contributed by atoms with E-state index < -0.39 is 23.5 Å². The number of ether oxygens (including phenoxy) is 4. The first-order chi connectivity index (χ1) is 20.7. The van der Waals surface area contributed by atoms with Gasteiger partial charge in [-0.15, -0.1) is 0 Å². The topological polar surface area (TPSA) is 119 Å². The summed E-state index contributed by atoms with van der Waals surface area (Å²) in [5.41, 5.74) is 1.54. The molecule has 2 aromatic carbocycles. The molecule has 0 radical (unpaired) electrons. The molecule has 12 heteroatoms. The van der Waals surface area contributed by atoms with E-state index in [1.54, 1.807) is 68.5 Å². The van der Waals surface area contributed by atoms with Crippen LogP contribution in [0.4, 0.5) is 0 Å². The minimum absolute atomic E-state index is 0.150. The average Bonchev–Trinajstić information content (AvgIpc) is 3.59. The molecule has 0 saturated carbocycles. The van der Waals surface area contributed by atoms with Crippen LogP contribution in [0.1, 0.15) is 41.6 Å². The second kappa shape index (κ2) is 12.3. The second-order valence-electron chi connectivity index (χ2n) is 9.29. The summed E-state index contributed by atoms with van der Waals surface area (Å²) in [6.45, 7) is 3.56. The number of furan rings is 1. The highest BCUT2D eigenvalue weighted by Gasteiger charge is 2.35. The first kappa shape index (κ1) is 29.9. The van der Waals surface area contributed by atoms with Crippen molar-refractivity contribution in [2.24, 2.45) is 4.99 Å². The molecule has 0 spiro atoms. The van der Waals surface area contributed by atoms with Crippen molar-refractivity contribution in [3.05, 3.63) is 101 Å². The molecule has 0 saturated heterocycles. The second-order valence-corrected chi connectivity index (χ2v) is 10.7. The van der Waals surface area contributed by atoms with Gasteiger partial charge in [0.1, 0.15) is 29.1 Å². The SMILES string of the molecule is CCOC(=O)C1=C(C)N=c2s/c(=C/c3ccc(-c4cc(Cl)ccc4C(=O)OC)o3)c(=O)n2[C@H]1c1ccc(OC)cc1OC. The Morgan fingerprint density at radius 2 is 1.86 bits per heavy atom. The number of esters is 2. The highest BCUT2D eigenvalue weighted by atomic mass is 35.5. The molecule has 3 heterocycles. The van der Waals surface area contributed by atoms with Crippen LogP contribution in [0, 0.1) is 0 Å². The van der Waals surface area contributed by atoms with Crippen LogP contribution in [0.2, 0.25) is 5.02 Å². The van der Waals surface area contributed by atoms with Gasteiger partial charge in [-0.2, -0.15) is 0 Å². The fraction of sp³-hybridized carbons (Fsp3) is 0.226. The van der Waals surface area contributed by atoms with Crippen LogP contribution in [0.5, 0.6) is 11.5 Å². The highest BCUT2D eigenvalue weighted by molar-refractivity contribution is 7.07.